The smallest absolute Gasteiger partial charge is 0.200 e. The summed E-state index contributed by atoms with van der Waals surface area (Å²) >= 11 is 0. The quantitative estimate of drug-likeness (QED) is 0.128. The third-order valence-corrected chi connectivity index (χ3v) is 12.4. The van der Waals surface area contributed by atoms with Gasteiger partial charge < -0.3 is 14.4 Å². The minimum atomic E-state index is 0.262. The highest BCUT2D eigenvalue weighted by molar-refractivity contribution is 6.13. The molecule has 2 aromatic heterocycles. The van der Waals surface area contributed by atoms with E-state index >= 15 is 0 Å². The van der Waals surface area contributed by atoms with Gasteiger partial charge in [-0.2, -0.15) is 0 Å². The molecule has 0 radical (unpaired) electrons. The summed E-state index contributed by atoms with van der Waals surface area (Å²) in [7, 11) is 0. The Kier molecular flexibility index (Phi) is 11.3. The zero-order valence-corrected chi connectivity index (χ0v) is 37.9. The molecule has 9 heteroatoms. The van der Waals surface area contributed by atoms with E-state index in [-0.39, 0.29) is 11.4 Å². The van der Waals surface area contributed by atoms with E-state index < -0.39 is 0 Å². The van der Waals surface area contributed by atoms with Gasteiger partial charge in [0.15, 0.2) is 17.2 Å². The molecule has 0 atom stereocenters. The van der Waals surface area contributed by atoms with E-state index in [2.05, 4.69) is 119 Å². The highest BCUT2D eigenvalue weighted by Crippen LogP contribution is 2.47. The van der Waals surface area contributed by atoms with Crippen molar-refractivity contribution in [3.63, 3.8) is 0 Å². The Morgan fingerprint density at radius 3 is 1.17 bits per heavy atom. The predicted molar refractivity (Wildman–Crippen MR) is 287 cm³/mol. The maximum absolute atomic E-state index is 8.75. The van der Waals surface area contributed by atoms with Gasteiger partial charge in [0.1, 0.15) is 0 Å². The van der Waals surface area contributed by atoms with Gasteiger partial charge in [0.25, 0.3) is 0 Å². The monoisotopic (exact) mass is 907 g/mol. The van der Waals surface area contributed by atoms with Crippen LogP contribution in [0.3, 0.4) is 0 Å². The highest BCUT2D eigenvalue weighted by atomic mass is 15.2. The summed E-state index contributed by atoms with van der Waals surface area (Å²) < 4.78 is 2.05. The third kappa shape index (κ3) is 8.11. The molecular weight excluding hydrogens is 871 g/mol. The predicted octanol–water partition coefficient (Wildman–Crippen LogP) is 17.7. The van der Waals surface area contributed by atoms with Crippen LogP contribution < -0.4 is 9.80 Å². The van der Waals surface area contributed by atoms with Gasteiger partial charge in [-0.25, -0.2) is 29.3 Å². The Balaban J connectivity index is 1.15. The normalized spacial score (nSPS) is 10.8. The summed E-state index contributed by atoms with van der Waals surface area (Å²) in [6.45, 7) is 32.8. The lowest BCUT2D eigenvalue weighted by Gasteiger charge is -2.26. The van der Waals surface area contributed by atoms with E-state index in [1.54, 1.807) is 42.5 Å². The second kappa shape index (κ2) is 18.6. The number of rotatable bonds is 10. The zero-order chi connectivity index (χ0) is 48.3. The van der Waals surface area contributed by atoms with Gasteiger partial charge in [0, 0.05) is 50.5 Å². The van der Waals surface area contributed by atoms with Crippen LogP contribution >= 0.6 is 0 Å². The molecule has 0 amide bonds. The number of para-hydroxylation sites is 4. The summed E-state index contributed by atoms with van der Waals surface area (Å²) in [4.78, 5) is 30.0. The molecular formula is C62H37N9. The van der Waals surface area contributed by atoms with Gasteiger partial charge in [0.05, 0.1) is 54.4 Å². The van der Waals surface area contributed by atoms with Crippen molar-refractivity contribution in [2.45, 2.75) is 0 Å². The average molecular weight is 908 g/mol. The highest BCUT2D eigenvalue weighted by Gasteiger charge is 2.24. The molecule has 0 fully saturated rings. The van der Waals surface area contributed by atoms with E-state index in [1.807, 2.05) is 97.1 Å². The second-order valence-corrected chi connectivity index (χ2v) is 16.6. The van der Waals surface area contributed by atoms with E-state index in [0.717, 1.165) is 55.9 Å². The first-order valence-corrected chi connectivity index (χ1v) is 22.7. The largest absolute Gasteiger partial charge is 0.329 e. The maximum atomic E-state index is 8.75. The van der Waals surface area contributed by atoms with Crippen molar-refractivity contribution in [2.75, 3.05) is 9.80 Å². The van der Waals surface area contributed by atoms with Crippen LogP contribution in [0.2, 0.25) is 0 Å². The minimum Gasteiger partial charge on any atom is -0.329 e. The van der Waals surface area contributed by atoms with Gasteiger partial charge >= 0.3 is 0 Å². The Morgan fingerprint density at radius 2 is 0.746 bits per heavy atom. The molecule has 0 saturated heterocycles. The Labute approximate surface area is 410 Å². The van der Waals surface area contributed by atoms with Gasteiger partial charge in [0.2, 0.25) is 11.4 Å². The minimum absolute atomic E-state index is 0.262. The molecule has 9 aromatic carbocycles. The summed E-state index contributed by atoms with van der Waals surface area (Å²) in [5.41, 5.74) is 12.3. The first-order valence-electron chi connectivity index (χ1n) is 22.7. The summed E-state index contributed by atoms with van der Waals surface area (Å²) in [5, 5.41) is 1.86. The van der Waals surface area contributed by atoms with Crippen LogP contribution in [0.1, 0.15) is 0 Å². The maximum Gasteiger partial charge on any atom is 0.200 e. The lowest BCUT2D eigenvalue weighted by atomic mass is 10.0. The van der Waals surface area contributed by atoms with Crippen molar-refractivity contribution in [3.05, 3.63) is 270 Å². The SMILES string of the molecule is [C-]#[N+]c1cccc(-c2cc(-c3cc([N+]#[C-])c(-n4c5ccc(N(c6ccccc6)c6ccccc6)cc5c5cc(N(c6ccccc6)c6ccccc6)ccc54)c([N+]#[C-])c3)nc(-c3cccc([N+]#[C-])c3)n2)c1. The average Bonchev–Trinajstić information content (AvgIpc) is 3.76. The molecule has 0 aliphatic heterocycles. The molecule has 71 heavy (non-hydrogen) atoms. The van der Waals surface area contributed by atoms with Crippen molar-refractivity contribution in [3.8, 4) is 39.6 Å². The van der Waals surface area contributed by atoms with E-state index in [1.165, 1.54) is 0 Å². The van der Waals surface area contributed by atoms with Crippen LogP contribution in [-0.2, 0) is 0 Å². The fourth-order valence-corrected chi connectivity index (χ4v) is 9.19. The lowest BCUT2D eigenvalue weighted by molar-refractivity contribution is 1.18. The van der Waals surface area contributed by atoms with Crippen LogP contribution in [0.25, 0.3) is 80.8 Å². The molecule has 0 N–H and O–H groups in total. The number of anilines is 6. The second-order valence-electron chi connectivity index (χ2n) is 16.6. The summed E-state index contributed by atoms with van der Waals surface area (Å²) in [6.07, 6.45) is 0. The molecule has 0 spiro atoms. The topological polar surface area (TPSA) is 54.6 Å². The molecule has 11 rings (SSSR count). The van der Waals surface area contributed by atoms with Crippen LogP contribution in [0.5, 0.6) is 0 Å². The van der Waals surface area contributed by atoms with Crippen molar-refractivity contribution >= 4 is 78.7 Å². The Bertz CT molecular complexity index is 3660. The molecule has 0 unspecified atom stereocenters. The van der Waals surface area contributed by atoms with Crippen LogP contribution in [0.4, 0.5) is 56.9 Å². The standard InChI is InChI=1S/C62H37N9/c1-63-45-21-17-19-42(35-45)55-41-56(68-62(67-55)43-20-18-22-46(36-43)64-2)44-37-57(65-3)61(58(38-44)66-4)71-59-33-31-51(69(47-23-9-5-10-24-47)48-25-11-6-12-26-48)39-53(59)54-40-52(32-34-60(54)71)70(49-27-13-7-14-28-49)50-29-15-8-16-30-50/h5-41H. The summed E-state index contributed by atoms with van der Waals surface area (Å²) in [5.74, 6) is 0.364. The van der Waals surface area contributed by atoms with E-state index in [4.69, 9.17) is 36.3 Å². The number of aromatic nitrogens is 3. The molecule has 2 heterocycles. The van der Waals surface area contributed by atoms with Gasteiger partial charge in [-0.3, -0.25) is 0 Å². The Morgan fingerprint density at radius 1 is 0.338 bits per heavy atom. The first kappa shape index (κ1) is 43.0. The van der Waals surface area contributed by atoms with Crippen LogP contribution in [0, 0.1) is 26.3 Å². The third-order valence-electron chi connectivity index (χ3n) is 12.4. The molecule has 0 bridgehead atoms. The molecule has 0 aliphatic carbocycles. The van der Waals surface area contributed by atoms with Crippen LogP contribution in [-0.4, -0.2) is 14.5 Å². The Hall–Kier alpha value is -10.6. The van der Waals surface area contributed by atoms with Gasteiger partial charge in [-0.05, 0) is 126 Å². The number of hydrogen-bond donors (Lipinski definition) is 0. The van der Waals surface area contributed by atoms with Gasteiger partial charge in [-0.1, -0.05) is 109 Å². The van der Waals surface area contributed by atoms with Gasteiger partial charge in [-0.15, -0.1) is 0 Å². The van der Waals surface area contributed by atoms with Crippen molar-refractivity contribution < 1.29 is 0 Å². The van der Waals surface area contributed by atoms with E-state index in [9.17, 15) is 0 Å². The number of fused-ring (bicyclic) bond motifs is 3. The fourth-order valence-electron chi connectivity index (χ4n) is 9.19. The number of nitrogens with zero attached hydrogens (tertiary/aromatic N) is 9. The van der Waals surface area contributed by atoms with Crippen molar-refractivity contribution in [2.24, 2.45) is 0 Å². The van der Waals surface area contributed by atoms with Crippen molar-refractivity contribution in [1.82, 2.24) is 14.5 Å². The molecule has 330 valence electrons. The first-order chi connectivity index (χ1) is 35.0. The fraction of sp³-hybridized carbons (Fsp3) is 0. The number of hydrogen-bond acceptors (Lipinski definition) is 4. The molecule has 0 saturated carbocycles. The molecule has 0 aliphatic rings. The lowest BCUT2D eigenvalue weighted by Crippen LogP contribution is -2.09. The summed E-state index contributed by atoms with van der Waals surface area (Å²) in [6, 6.07) is 73.6. The van der Waals surface area contributed by atoms with Crippen LogP contribution in [0.15, 0.2) is 224 Å². The molecule has 11 aromatic rings. The van der Waals surface area contributed by atoms with E-state index in [0.29, 0.717) is 51.0 Å². The van der Waals surface area contributed by atoms with Crippen molar-refractivity contribution in [1.29, 1.82) is 0 Å². The number of benzene rings is 9. The molecule has 9 nitrogen and oxygen atoms in total. The zero-order valence-electron chi connectivity index (χ0n) is 37.9.